The van der Waals surface area contributed by atoms with E-state index in [1.54, 1.807) is 20.8 Å². The lowest BCUT2D eigenvalue weighted by Gasteiger charge is -2.24. The van der Waals surface area contributed by atoms with Crippen molar-refractivity contribution in [3.05, 3.63) is 12.7 Å². The van der Waals surface area contributed by atoms with Crippen LogP contribution in [0.25, 0.3) is 0 Å². The highest BCUT2D eigenvalue weighted by Crippen LogP contribution is 2.08. The molecule has 0 saturated heterocycles. The second-order valence-corrected chi connectivity index (χ2v) is 5.48. The molecule has 0 aliphatic carbocycles. The molecular weight excluding hydrogens is 230 g/mol. The van der Waals surface area contributed by atoms with Gasteiger partial charge in [0.15, 0.2) is 0 Å². The lowest BCUT2D eigenvalue weighted by atomic mass is 10.4. The Bertz CT molecular complexity index is 335. The molecule has 0 aromatic carbocycles. The summed E-state index contributed by atoms with van der Waals surface area (Å²) in [5, 5.41) is 0. The summed E-state index contributed by atoms with van der Waals surface area (Å²) in [7, 11) is -3.47. The predicted octanol–water partition coefficient (Wildman–Crippen LogP) is 0.776. The standard InChI is InChI=1S/C10H19NO4S/c1-5-7-16(13,14)11(9(3)4)8-10(12)15-6-2/h5,9H,1,6-8H2,2-4H3. The molecule has 0 heterocycles. The zero-order valence-corrected chi connectivity index (χ0v) is 10.8. The average Bonchev–Trinajstić information content (AvgIpc) is 2.13. The van der Waals surface area contributed by atoms with Crippen molar-refractivity contribution >= 4 is 16.0 Å². The molecule has 0 N–H and O–H groups in total. The van der Waals surface area contributed by atoms with Gasteiger partial charge in [-0.3, -0.25) is 4.79 Å². The molecule has 0 fully saturated rings. The van der Waals surface area contributed by atoms with Crippen molar-refractivity contribution in [2.75, 3.05) is 18.9 Å². The summed E-state index contributed by atoms with van der Waals surface area (Å²) >= 11 is 0. The summed E-state index contributed by atoms with van der Waals surface area (Å²) in [6, 6.07) is -0.283. The molecule has 0 bridgehead atoms. The Hall–Kier alpha value is -0.880. The number of hydrogen-bond donors (Lipinski definition) is 0. The van der Waals surface area contributed by atoms with E-state index in [1.807, 2.05) is 0 Å². The van der Waals surface area contributed by atoms with Crippen molar-refractivity contribution in [2.45, 2.75) is 26.8 Å². The van der Waals surface area contributed by atoms with Crippen LogP contribution >= 0.6 is 0 Å². The fourth-order valence-corrected chi connectivity index (χ4v) is 2.61. The molecule has 0 aromatic heterocycles. The SMILES string of the molecule is C=CCS(=O)(=O)N(CC(=O)OCC)C(C)C. The lowest BCUT2D eigenvalue weighted by Crippen LogP contribution is -2.42. The summed E-state index contributed by atoms with van der Waals surface area (Å²) in [5.41, 5.74) is 0. The van der Waals surface area contributed by atoms with E-state index in [-0.39, 0.29) is 24.9 Å². The van der Waals surface area contributed by atoms with Crippen molar-refractivity contribution in [3.63, 3.8) is 0 Å². The minimum atomic E-state index is -3.47. The number of carbonyl (C=O) groups excluding carboxylic acids is 1. The van der Waals surface area contributed by atoms with Crippen LogP contribution in [0.1, 0.15) is 20.8 Å². The zero-order chi connectivity index (χ0) is 12.8. The van der Waals surface area contributed by atoms with Gasteiger partial charge in [-0.15, -0.1) is 6.58 Å². The van der Waals surface area contributed by atoms with Crippen molar-refractivity contribution < 1.29 is 17.9 Å². The van der Waals surface area contributed by atoms with Crippen LogP contribution < -0.4 is 0 Å². The molecule has 0 amide bonds. The Morgan fingerprint density at radius 1 is 1.50 bits per heavy atom. The number of sulfonamides is 1. The van der Waals surface area contributed by atoms with Gasteiger partial charge in [-0.25, -0.2) is 8.42 Å². The second kappa shape index (κ2) is 6.65. The van der Waals surface area contributed by atoms with E-state index in [9.17, 15) is 13.2 Å². The fraction of sp³-hybridized carbons (Fsp3) is 0.700. The average molecular weight is 249 g/mol. The molecule has 0 unspecified atom stereocenters. The van der Waals surface area contributed by atoms with E-state index < -0.39 is 16.0 Å². The van der Waals surface area contributed by atoms with Crippen molar-refractivity contribution in [2.24, 2.45) is 0 Å². The van der Waals surface area contributed by atoms with Crippen LogP contribution in [-0.4, -0.2) is 43.6 Å². The summed E-state index contributed by atoms with van der Waals surface area (Å²) in [5.74, 6) is -0.714. The highest BCUT2D eigenvalue weighted by atomic mass is 32.2. The Morgan fingerprint density at radius 3 is 2.44 bits per heavy atom. The number of esters is 1. The number of rotatable bonds is 7. The maximum absolute atomic E-state index is 11.8. The summed E-state index contributed by atoms with van der Waals surface area (Å²) in [4.78, 5) is 11.3. The summed E-state index contributed by atoms with van der Waals surface area (Å²) in [6.07, 6.45) is 1.30. The number of hydrogen-bond acceptors (Lipinski definition) is 4. The minimum Gasteiger partial charge on any atom is -0.465 e. The van der Waals surface area contributed by atoms with Crippen LogP contribution in [0.2, 0.25) is 0 Å². The van der Waals surface area contributed by atoms with Crippen molar-refractivity contribution in [1.29, 1.82) is 0 Å². The first kappa shape index (κ1) is 15.1. The molecule has 0 spiro atoms. The quantitative estimate of drug-likeness (QED) is 0.494. The van der Waals surface area contributed by atoms with Gasteiger partial charge in [0.05, 0.1) is 12.4 Å². The first-order valence-corrected chi connectivity index (χ1v) is 6.72. The van der Waals surface area contributed by atoms with Gasteiger partial charge in [0.25, 0.3) is 0 Å². The molecule has 0 aliphatic heterocycles. The van der Waals surface area contributed by atoms with Gasteiger partial charge in [0.1, 0.15) is 6.54 Å². The largest absolute Gasteiger partial charge is 0.465 e. The van der Waals surface area contributed by atoms with E-state index in [1.165, 1.54) is 6.08 Å². The maximum Gasteiger partial charge on any atom is 0.321 e. The maximum atomic E-state index is 11.8. The van der Waals surface area contributed by atoms with Crippen LogP contribution in [-0.2, 0) is 19.6 Å². The molecule has 0 rings (SSSR count). The molecule has 0 aromatic rings. The normalized spacial score (nSPS) is 11.8. The van der Waals surface area contributed by atoms with E-state index in [4.69, 9.17) is 4.74 Å². The van der Waals surface area contributed by atoms with Crippen LogP contribution in [0.3, 0.4) is 0 Å². The van der Waals surface area contributed by atoms with Crippen LogP contribution in [0, 0.1) is 0 Å². The molecule has 16 heavy (non-hydrogen) atoms. The second-order valence-electron chi connectivity index (χ2n) is 3.51. The third-order valence-electron chi connectivity index (χ3n) is 1.85. The molecular formula is C10H19NO4S. The third-order valence-corrected chi connectivity index (χ3v) is 3.77. The number of nitrogens with zero attached hydrogens (tertiary/aromatic N) is 1. The van der Waals surface area contributed by atoms with Crippen molar-refractivity contribution in [1.82, 2.24) is 4.31 Å². The van der Waals surface area contributed by atoms with Crippen molar-refractivity contribution in [3.8, 4) is 0 Å². The van der Waals surface area contributed by atoms with Crippen LogP contribution in [0.15, 0.2) is 12.7 Å². The van der Waals surface area contributed by atoms with E-state index in [2.05, 4.69) is 6.58 Å². The van der Waals surface area contributed by atoms with E-state index in [0.29, 0.717) is 0 Å². The molecule has 0 radical (unpaired) electrons. The zero-order valence-electron chi connectivity index (χ0n) is 9.97. The first-order chi connectivity index (χ1) is 7.35. The summed E-state index contributed by atoms with van der Waals surface area (Å²) in [6.45, 7) is 8.47. The Morgan fingerprint density at radius 2 is 2.06 bits per heavy atom. The molecule has 0 atom stereocenters. The Balaban J connectivity index is 4.75. The van der Waals surface area contributed by atoms with Gasteiger partial charge in [-0.1, -0.05) is 6.08 Å². The molecule has 6 heteroatoms. The van der Waals surface area contributed by atoms with Gasteiger partial charge in [0, 0.05) is 6.04 Å². The van der Waals surface area contributed by atoms with Gasteiger partial charge >= 0.3 is 5.97 Å². The first-order valence-electron chi connectivity index (χ1n) is 5.11. The fourth-order valence-electron chi connectivity index (χ4n) is 1.18. The van der Waals surface area contributed by atoms with Gasteiger partial charge in [0.2, 0.25) is 10.0 Å². The molecule has 0 saturated carbocycles. The minimum absolute atomic E-state index is 0.176. The molecule has 0 aliphatic rings. The number of ether oxygens (including phenoxy) is 1. The van der Waals surface area contributed by atoms with E-state index in [0.717, 1.165) is 4.31 Å². The van der Waals surface area contributed by atoms with Crippen LogP contribution in [0.4, 0.5) is 0 Å². The van der Waals surface area contributed by atoms with Gasteiger partial charge < -0.3 is 4.74 Å². The Labute approximate surface area is 97.1 Å². The Kier molecular flexibility index (Phi) is 6.28. The highest BCUT2D eigenvalue weighted by Gasteiger charge is 2.26. The summed E-state index contributed by atoms with van der Waals surface area (Å²) < 4.78 is 29.4. The lowest BCUT2D eigenvalue weighted by molar-refractivity contribution is -0.143. The van der Waals surface area contributed by atoms with Gasteiger partial charge in [-0.05, 0) is 20.8 Å². The van der Waals surface area contributed by atoms with E-state index >= 15 is 0 Å². The van der Waals surface area contributed by atoms with Crippen LogP contribution in [0.5, 0.6) is 0 Å². The number of carbonyl (C=O) groups is 1. The van der Waals surface area contributed by atoms with Gasteiger partial charge in [-0.2, -0.15) is 4.31 Å². The third kappa shape index (κ3) is 4.76. The predicted molar refractivity (Wildman–Crippen MR) is 62.5 cm³/mol. The highest BCUT2D eigenvalue weighted by molar-refractivity contribution is 7.89. The molecule has 94 valence electrons. The monoisotopic (exact) mass is 249 g/mol. The molecule has 5 nitrogen and oxygen atoms in total. The smallest absolute Gasteiger partial charge is 0.321 e. The topological polar surface area (TPSA) is 63.7 Å².